The van der Waals surface area contributed by atoms with Gasteiger partial charge in [-0.05, 0) is 18.3 Å². The molecule has 0 aromatic heterocycles. The molecule has 5 nitrogen and oxygen atoms in total. The van der Waals surface area contributed by atoms with Crippen LogP contribution in [-0.2, 0) is 9.53 Å². The van der Waals surface area contributed by atoms with Crippen LogP contribution in [0.25, 0.3) is 0 Å². The van der Waals surface area contributed by atoms with Crippen LogP contribution >= 0.6 is 11.8 Å². The molecule has 1 saturated carbocycles. The predicted octanol–water partition coefficient (Wildman–Crippen LogP) is 1.19. The molecule has 1 unspecified atom stereocenters. The Bertz CT molecular complexity index is 259. The van der Waals surface area contributed by atoms with Gasteiger partial charge in [-0.2, -0.15) is 0 Å². The highest BCUT2D eigenvalue weighted by atomic mass is 32.2. The summed E-state index contributed by atoms with van der Waals surface area (Å²) in [5, 5.41) is 10.9. The number of carbonyl (C=O) groups is 2. The van der Waals surface area contributed by atoms with Crippen LogP contribution in [-0.4, -0.2) is 41.8 Å². The second-order valence-electron chi connectivity index (χ2n) is 3.94. The Morgan fingerprint density at radius 1 is 1.56 bits per heavy atom. The van der Waals surface area contributed by atoms with Gasteiger partial charge in [-0.15, -0.1) is 11.8 Å². The largest absolute Gasteiger partial charge is 0.481 e. The number of thioether (sulfide) groups is 1. The van der Waals surface area contributed by atoms with Crippen LogP contribution in [0.5, 0.6) is 0 Å². The molecule has 0 saturated heterocycles. The van der Waals surface area contributed by atoms with Crippen molar-refractivity contribution in [1.82, 2.24) is 5.32 Å². The zero-order valence-electron chi connectivity index (χ0n) is 9.27. The van der Waals surface area contributed by atoms with Crippen molar-refractivity contribution in [3.05, 3.63) is 0 Å². The van der Waals surface area contributed by atoms with Crippen LogP contribution in [0.2, 0.25) is 0 Å². The first-order chi connectivity index (χ1) is 7.59. The van der Waals surface area contributed by atoms with Crippen molar-refractivity contribution in [2.45, 2.75) is 13.3 Å². The summed E-state index contributed by atoms with van der Waals surface area (Å²) >= 11 is 1.27. The Kier molecular flexibility index (Phi) is 5.45. The molecular formula is C10H17NO4S. The average Bonchev–Trinajstić information content (AvgIpc) is 2.91. The van der Waals surface area contributed by atoms with Crippen molar-refractivity contribution >= 4 is 23.8 Å². The number of ether oxygens (including phenoxy) is 1. The molecule has 1 rings (SSSR count). The molecule has 1 aliphatic rings. The van der Waals surface area contributed by atoms with Crippen molar-refractivity contribution in [1.29, 1.82) is 0 Å². The number of amides is 1. The zero-order chi connectivity index (χ0) is 12.0. The fourth-order valence-electron chi connectivity index (χ4n) is 1.25. The number of aliphatic carboxylic acids is 1. The number of carboxylic acids is 1. The molecular weight excluding hydrogens is 230 g/mol. The van der Waals surface area contributed by atoms with Crippen LogP contribution in [0.15, 0.2) is 0 Å². The number of hydrogen-bond donors (Lipinski definition) is 2. The molecule has 92 valence electrons. The second kappa shape index (κ2) is 6.62. The second-order valence-corrected chi connectivity index (χ2v) is 5.05. The van der Waals surface area contributed by atoms with Gasteiger partial charge in [0, 0.05) is 12.3 Å². The maximum Gasteiger partial charge on any atom is 0.407 e. The summed E-state index contributed by atoms with van der Waals surface area (Å²) in [6.45, 7) is 3.07. The predicted molar refractivity (Wildman–Crippen MR) is 61.6 cm³/mol. The smallest absolute Gasteiger partial charge is 0.407 e. The van der Waals surface area contributed by atoms with Gasteiger partial charge in [0.1, 0.15) is 0 Å². The average molecular weight is 247 g/mol. The van der Waals surface area contributed by atoms with Gasteiger partial charge in [0.25, 0.3) is 0 Å². The Hall–Kier alpha value is -0.910. The summed E-state index contributed by atoms with van der Waals surface area (Å²) in [5.74, 6) is 1.03. The van der Waals surface area contributed by atoms with Gasteiger partial charge in [-0.1, -0.05) is 6.92 Å². The topological polar surface area (TPSA) is 75.6 Å². The maximum atomic E-state index is 11.1. The number of hydrogen-bond acceptors (Lipinski definition) is 4. The van der Waals surface area contributed by atoms with E-state index in [0.29, 0.717) is 30.7 Å². The lowest BCUT2D eigenvalue weighted by molar-refractivity contribution is -0.133. The molecule has 6 heteroatoms. The van der Waals surface area contributed by atoms with Crippen LogP contribution in [0, 0.1) is 11.8 Å². The van der Waals surface area contributed by atoms with E-state index < -0.39 is 12.1 Å². The van der Waals surface area contributed by atoms with Gasteiger partial charge in [0.2, 0.25) is 0 Å². The molecule has 0 radical (unpaired) electrons. The van der Waals surface area contributed by atoms with Crippen molar-refractivity contribution in [2.24, 2.45) is 11.8 Å². The summed E-state index contributed by atoms with van der Waals surface area (Å²) in [4.78, 5) is 21.3. The Morgan fingerprint density at radius 3 is 2.81 bits per heavy atom. The fraction of sp³-hybridized carbons (Fsp3) is 0.800. The third-order valence-electron chi connectivity index (χ3n) is 2.45. The summed E-state index contributed by atoms with van der Waals surface area (Å²) in [6.07, 6.45) is 0.733. The molecule has 0 heterocycles. The Balaban J connectivity index is 1.88. The van der Waals surface area contributed by atoms with Crippen molar-refractivity contribution < 1.29 is 19.4 Å². The summed E-state index contributed by atoms with van der Waals surface area (Å²) < 4.78 is 4.99. The van der Waals surface area contributed by atoms with Crippen LogP contribution < -0.4 is 5.32 Å². The third-order valence-corrected chi connectivity index (χ3v) is 3.39. The molecule has 16 heavy (non-hydrogen) atoms. The van der Waals surface area contributed by atoms with E-state index in [4.69, 9.17) is 9.84 Å². The molecule has 2 N–H and O–H groups in total. The Labute approximate surface area is 98.9 Å². The molecule has 0 spiro atoms. The molecule has 0 bridgehead atoms. The quantitative estimate of drug-likeness (QED) is 0.661. The van der Waals surface area contributed by atoms with E-state index in [0.717, 1.165) is 6.42 Å². The minimum atomic E-state index is -0.838. The molecule has 2 atom stereocenters. The van der Waals surface area contributed by atoms with Gasteiger partial charge < -0.3 is 15.2 Å². The number of carbonyl (C=O) groups excluding carboxylic acids is 1. The van der Waals surface area contributed by atoms with Crippen LogP contribution in [0.3, 0.4) is 0 Å². The van der Waals surface area contributed by atoms with Crippen LogP contribution in [0.4, 0.5) is 4.79 Å². The first-order valence-corrected chi connectivity index (χ1v) is 6.45. The third kappa shape index (κ3) is 5.85. The Morgan fingerprint density at radius 2 is 2.25 bits per heavy atom. The highest BCUT2D eigenvalue weighted by molar-refractivity contribution is 7.99. The van der Waals surface area contributed by atoms with E-state index in [2.05, 4.69) is 12.2 Å². The highest BCUT2D eigenvalue weighted by Gasteiger charge is 2.33. The number of nitrogens with one attached hydrogen (secondary N) is 1. The normalized spacial score (nSPS) is 22.6. The lowest BCUT2D eigenvalue weighted by Gasteiger charge is -2.05. The first-order valence-electron chi connectivity index (χ1n) is 5.29. The van der Waals surface area contributed by atoms with Crippen molar-refractivity contribution in [3.63, 3.8) is 0 Å². The number of carboxylic acid groups (broad SMARTS) is 1. The number of rotatable bonds is 7. The van der Waals surface area contributed by atoms with Crippen LogP contribution in [0.1, 0.15) is 13.3 Å². The monoisotopic (exact) mass is 247 g/mol. The molecule has 1 fully saturated rings. The summed E-state index contributed by atoms with van der Waals surface area (Å²) in [7, 11) is 0. The van der Waals surface area contributed by atoms with Gasteiger partial charge in [-0.3, -0.25) is 4.79 Å². The van der Waals surface area contributed by atoms with Crippen molar-refractivity contribution in [3.8, 4) is 0 Å². The minimum absolute atomic E-state index is 0.0658. The van der Waals surface area contributed by atoms with Gasteiger partial charge in [0.15, 0.2) is 0 Å². The van der Waals surface area contributed by atoms with E-state index in [9.17, 15) is 9.59 Å². The SMILES string of the molecule is CC1C[C@@H]1COC(=O)NCCSCC(=O)O. The van der Waals surface area contributed by atoms with E-state index in [1.54, 1.807) is 0 Å². The van der Waals surface area contributed by atoms with Gasteiger partial charge in [0.05, 0.1) is 12.4 Å². The molecule has 0 aromatic carbocycles. The van der Waals surface area contributed by atoms with Gasteiger partial charge >= 0.3 is 12.1 Å². The number of alkyl carbamates (subject to hydrolysis) is 1. The maximum absolute atomic E-state index is 11.1. The molecule has 1 amide bonds. The molecule has 1 aliphatic carbocycles. The van der Waals surface area contributed by atoms with Crippen molar-refractivity contribution in [2.75, 3.05) is 24.7 Å². The van der Waals surface area contributed by atoms with Gasteiger partial charge in [-0.25, -0.2) is 4.79 Å². The van der Waals surface area contributed by atoms with E-state index in [-0.39, 0.29) is 5.75 Å². The minimum Gasteiger partial charge on any atom is -0.481 e. The zero-order valence-corrected chi connectivity index (χ0v) is 10.1. The standard InChI is InChI=1S/C10H17NO4S/c1-7-4-8(7)5-15-10(14)11-2-3-16-6-9(12)13/h7-8H,2-6H2,1H3,(H,11,14)(H,12,13)/t7?,8-/m1/s1. The summed E-state index contributed by atoms with van der Waals surface area (Å²) in [6, 6.07) is 0. The lowest BCUT2D eigenvalue weighted by atomic mass is 10.4. The van der Waals surface area contributed by atoms with E-state index >= 15 is 0 Å². The molecule has 0 aromatic rings. The lowest BCUT2D eigenvalue weighted by Crippen LogP contribution is -2.27. The van der Waals surface area contributed by atoms with E-state index in [1.165, 1.54) is 11.8 Å². The van der Waals surface area contributed by atoms with E-state index in [1.807, 2.05) is 0 Å². The fourth-order valence-corrected chi connectivity index (χ4v) is 1.82. The first kappa shape index (κ1) is 13.2. The molecule has 0 aliphatic heterocycles. The summed E-state index contributed by atoms with van der Waals surface area (Å²) in [5.41, 5.74) is 0. The highest BCUT2D eigenvalue weighted by Crippen LogP contribution is 2.37.